The van der Waals surface area contributed by atoms with Gasteiger partial charge in [-0.25, -0.2) is 0 Å². The second-order valence-electron chi connectivity index (χ2n) is 2.79. The molecule has 13 heavy (non-hydrogen) atoms. The number of thiophene rings is 1. The van der Waals surface area contributed by atoms with Crippen LogP contribution in [0.1, 0.15) is 12.5 Å². The Morgan fingerprint density at radius 1 is 1.62 bits per heavy atom. The van der Waals surface area contributed by atoms with Crippen molar-refractivity contribution in [2.24, 2.45) is 0 Å². The van der Waals surface area contributed by atoms with Gasteiger partial charge >= 0.3 is 0 Å². The topological polar surface area (TPSA) is 32.9 Å². The van der Waals surface area contributed by atoms with Crippen LogP contribution in [0.2, 0.25) is 4.34 Å². The maximum atomic E-state index is 11.4. The normalized spacial score (nSPS) is 10.9. The lowest BCUT2D eigenvalue weighted by atomic mass is 10.1. The first-order chi connectivity index (χ1) is 6.22. The first-order valence-electron chi connectivity index (χ1n) is 4.02. The number of halogens is 1. The number of hydrogen-bond donors (Lipinski definition) is 1. The molecular weight excluding hydrogens is 206 g/mol. The minimum Gasteiger partial charge on any atom is -0.328 e. The van der Waals surface area contributed by atoms with E-state index in [2.05, 4.69) is 11.9 Å². The lowest BCUT2D eigenvalue weighted by molar-refractivity contribution is 1.12. The van der Waals surface area contributed by atoms with E-state index in [4.69, 9.17) is 11.6 Å². The maximum absolute atomic E-state index is 11.4. The van der Waals surface area contributed by atoms with Crippen LogP contribution in [0.4, 0.5) is 0 Å². The van der Waals surface area contributed by atoms with Crippen molar-refractivity contribution in [2.45, 2.75) is 13.3 Å². The number of pyridine rings is 1. The van der Waals surface area contributed by atoms with E-state index in [9.17, 15) is 4.79 Å². The summed E-state index contributed by atoms with van der Waals surface area (Å²) < 4.78 is 1.39. The Morgan fingerprint density at radius 2 is 2.38 bits per heavy atom. The fourth-order valence-electron chi connectivity index (χ4n) is 1.36. The molecule has 0 saturated carbocycles. The average Bonchev–Trinajstić information content (AvgIpc) is 2.48. The quantitative estimate of drug-likeness (QED) is 0.777. The van der Waals surface area contributed by atoms with E-state index in [1.807, 2.05) is 6.07 Å². The molecule has 0 fully saturated rings. The van der Waals surface area contributed by atoms with Gasteiger partial charge in [0, 0.05) is 11.6 Å². The van der Waals surface area contributed by atoms with Crippen molar-refractivity contribution in [3.05, 3.63) is 32.5 Å². The summed E-state index contributed by atoms with van der Waals surface area (Å²) in [6.45, 7) is 2.05. The predicted molar refractivity (Wildman–Crippen MR) is 56.8 cm³/mol. The van der Waals surface area contributed by atoms with Crippen molar-refractivity contribution in [3.8, 4) is 0 Å². The highest BCUT2D eigenvalue weighted by Gasteiger charge is 2.06. The van der Waals surface area contributed by atoms with Crippen LogP contribution in [0, 0.1) is 0 Å². The number of H-pyrrole nitrogens is 1. The summed E-state index contributed by atoms with van der Waals surface area (Å²) in [6.07, 6.45) is 2.66. The third kappa shape index (κ3) is 1.38. The number of nitrogens with one attached hydrogen (secondary N) is 1. The summed E-state index contributed by atoms with van der Waals surface area (Å²) >= 11 is 7.18. The second kappa shape index (κ2) is 3.16. The van der Waals surface area contributed by atoms with Gasteiger partial charge in [0.05, 0.1) is 4.34 Å². The van der Waals surface area contributed by atoms with Gasteiger partial charge < -0.3 is 4.98 Å². The van der Waals surface area contributed by atoms with Gasteiger partial charge in [0.15, 0.2) is 0 Å². The highest BCUT2D eigenvalue weighted by Crippen LogP contribution is 2.28. The molecule has 2 rings (SSSR count). The molecule has 0 aliphatic heterocycles. The molecule has 1 N–H and O–H groups in total. The van der Waals surface area contributed by atoms with Gasteiger partial charge in [-0.1, -0.05) is 18.5 Å². The molecule has 2 heterocycles. The molecule has 0 spiro atoms. The number of hydrogen-bond acceptors (Lipinski definition) is 2. The second-order valence-corrected chi connectivity index (χ2v) is 4.47. The first kappa shape index (κ1) is 8.78. The summed E-state index contributed by atoms with van der Waals surface area (Å²) in [7, 11) is 0. The van der Waals surface area contributed by atoms with Crippen LogP contribution in [-0.2, 0) is 6.42 Å². The van der Waals surface area contributed by atoms with Gasteiger partial charge in [-0.05, 0) is 18.1 Å². The van der Waals surface area contributed by atoms with Crippen molar-refractivity contribution in [2.75, 3.05) is 0 Å². The molecule has 2 aromatic rings. The molecule has 0 aromatic carbocycles. The zero-order valence-corrected chi connectivity index (χ0v) is 8.63. The lowest BCUT2D eigenvalue weighted by Crippen LogP contribution is -2.04. The SMILES string of the molecule is CCc1c[nH]c(=O)c2sc(Cl)cc12. The Kier molecular flexibility index (Phi) is 2.14. The summed E-state index contributed by atoms with van der Waals surface area (Å²) in [5.41, 5.74) is 1.09. The molecule has 0 aliphatic carbocycles. The van der Waals surface area contributed by atoms with Crippen LogP contribution in [0.5, 0.6) is 0 Å². The van der Waals surface area contributed by atoms with Crippen molar-refractivity contribution in [3.63, 3.8) is 0 Å². The van der Waals surface area contributed by atoms with Crippen molar-refractivity contribution >= 4 is 33.0 Å². The van der Waals surface area contributed by atoms with Crippen LogP contribution >= 0.6 is 22.9 Å². The Balaban J connectivity index is 2.92. The number of aromatic amines is 1. The zero-order chi connectivity index (χ0) is 9.42. The fraction of sp³-hybridized carbons (Fsp3) is 0.222. The average molecular weight is 214 g/mol. The molecular formula is C9H8ClNOS. The summed E-state index contributed by atoms with van der Waals surface area (Å²) in [5, 5.41) is 0.987. The van der Waals surface area contributed by atoms with E-state index in [0.717, 1.165) is 22.1 Å². The summed E-state index contributed by atoms with van der Waals surface area (Å²) in [4.78, 5) is 14.1. The molecule has 4 heteroatoms. The molecule has 0 aliphatic rings. The highest BCUT2D eigenvalue weighted by molar-refractivity contribution is 7.22. The van der Waals surface area contributed by atoms with Crippen molar-refractivity contribution in [1.82, 2.24) is 4.98 Å². The van der Waals surface area contributed by atoms with E-state index < -0.39 is 0 Å². The van der Waals surface area contributed by atoms with E-state index in [-0.39, 0.29) is 5.56 Å². The fourth-order valence-corrected chi connectivity index (χ4v) is 2.52. The summed E-state index contributed by atoms with van der Waals surface area (Å²) in [5.74, 6) is 0. The van der Waals surface area contributed by atoms with Crippen LogP contribution in [0.3, 0.4) is 0 Å². The van der Waals surface area contributed by atoms with E-state index >= 15 is 0 Å². The van der Waals surface area contributed by atoms with E-state index in [0.29, 0.717) is 4.34 Å². The largest absolute Gasteiger partial charge is 0.328 e. The van der Waals surface area contributed by atoms with Gasteiger partial charge in [-0.15, -0.1) is 11.3 Å². The molecule has 0 bridgehead atoms. The third-order valence-corrected chi connectivity index (χ3v) is 3.28. The van der Waals surface area contributed by atoms with E-state index in [1.165, 1.54) is 11.3 Å². The molecule has 0 atom stereocenters. The van der Waals surface area contributed by atoms with E-state index in [1.54, 1.807) is 6.20 Å². The number of aryl methyl sites for hydroxylation is 1. The van der Waals surface area contributed by atoms with Crippen LogP contribution in [0.15, 0.2) is 17.1 Å². The Morgan fingerprint density at radius 3 is 3.08 bits per heavy atom. The monoisotopic (exact) mass is 213 g/mol. The van der Waals surface area contributed by atoms with Gasteiger partial charge in [-0.3, -0.25) is 4.79 Å². The molecule has 0 unspecified atom stereocenters. The third-order valence-electron chi connectivity index (χ3n) is 2.01. The highest BCUT2D eigenvalue weighted by atomic mass is 35.5. The van der Waals surface area contributed by atoms with Gasteiger partial charge in [0.25, 0.3) is 5.56 Å². The Labute approximate surface area is 84.2 Å². The summed E-state index contributed by atoms with van der Waals surface area (Å²) in [6, 6.07) is 1.86. The number of aromatic nitrogens is 1. The molecule has 0 radical (unpaired) electrons. The molecule has 0 amide bonds. The minimum absolute atomic E-state index is 0.0518. The van der Waals surface area contributed by atoms with Crippen molar-refractivity contribution in [1.29, 1.82) is 0 Å². The van der Waals surface area contributed by atoms with Crippen LogP contribution in [0.25, 0.3) is 10.1 Å². The van der Waals surface area contributed by atoms with Crippen LogP contribution in [-0.4, -0.2) is 4.98 Å². The van der Waals surface area contributed by atoms with Crippen molar-refractivity contribution < 1.29 is 0 Å². The van der Waals surface area contributed by atoms with Gasteiger partial charge in [-0.2, -0.15) is 0 Å². The maximum Gasteiger partial charge on any atom is 0.265 e. The van der Waals surface area contributed by atoms with Gasteiger partial charge in [0.1, 0.15) is 4.70 Å². The Bertz CT molecular complexity index is 500. The molecule has 0 saturated heterocycles. The lowest BCUT2D eigenvalue weighted by Gasteiger charge is -1.96. The first-order valence-corrected chi connectivity index (χ1v) is 5.21. The number of rotatable bonds is 1. The molecule has 68 valence electrons. The van der Waals surface area contributed by atoms with Gasteiger partial charge in [0.2, 0.25) is 0 Å². The predicted octanol–water partition coefficient (Wildman–Crippen LogP) is 2.81. The number of fused-ring (bicyclic) bond motifs is 1. The standard InChI is InChI=1S/C9H8ClNOS/c1-2-5-4-11-9(12)8-6(5)3-7(10)13-8/h3-4H,2H2,1H3,(H,11,12). The zero-order valence-electron chi connectivity index (χ0n) is 7.06. The molecule has 2 aromatic heterocycles. The van der Waals surface area contributed by atoms with Crippen LogP contribution < -0.4 is 5.56 Å². The minimum atomic E-state index is -0.0518. The molecule has 2 nitrogen and oxygen atoms in total. The Hall–Kier alpha value is -0.800. The smallest absolute Gasteiger partial charge is 0.265 e.